The molecule has 27 heavy (non-hydrogen) atoms. The van der Waals surface area contributed by atoms with Crippen LogP contribution in [-0.2, 0) is 11.3 Å². The number of carbonyl (C=O) groups is 2. The SMILES string of the molecule is CN(C)CCn1c(C(=O)[C@H](CCCCN)C(=O)C2CCCCC2)noc1=O. The molecule has 0 saturated heterocycles. The van der Waals surface area contributed by atoms with E-state index in [0.717, 1.165) is 38.5 Å². The zero-order valence-electron chi connectivity index (χ0n) is 16.5. The Hall–Kier alpha value is -1.80. The van der Waals surface area contributed by atoms with Gasteiger partial charge in [0, 0.05) is 19.0 Å². The normalized spacial score (nSPS) is 16.6. The Balaban J connectivity index is 2.22. The van der Waals surface area contributed by atoms with Crippen molar-refractivity contribution in [2.45, 2.75) is 57.9 Å². The van der Waals surface area contributed by atoms with Crippen LogP contribution in [0.25, 0.3) is 0 Å². The zero-order valence-corrected chi connectivity index (χ0v) is 16.5. The average Bonchev–Trinajstić information content (AvgIpc) is 3.04. The number of aromatic nitrogens is 2. The van der Waals surface area contributed by atoms with Gasteiger partial charge in [0.1, 0.15) is 5.78 Å². The number of unbranched alkanes of at least 4 members (excludes halogenated alkanes) is 1. The van der Waals surface area contributed by atoms with E-state index in [0.29, 0.717) is 32.5 Å². The minimum Gasteiger partial charge on any atom is -0.330 e. The number of nitrogens with two attached hydrogens (primary N) is 1. The number of hydrogen-bond acceptors (Lipinski definition) is 7. The van der Waals surface area contributed by atoms with Gasteiger partial charge >= 0.3 is 5.76 Å². The smallest absolute Gasteiger partial charge is 0.330 e. The van der Waals surface area contributed by atoms with Gasteiger partial charge in [-0.15, -0.1) is 0 Å². The van der Waals surface area contributed by atoms with Crippen LogP contribution in [0.1, 0.15) is 62.0 Å². The third-order valence-corrected chi connectivity index (χ3v) is 5.29. The topological polar surface area (TPSA) is 111 Å². The van der Waals surface area contributed by atoms with Gasteiger partial charge in [-0.1, -0.05) is 30.8 Å². The minimum atomic E-state index is -0.769. The van der Waals surface area contributed by atoms with Gasteiger partial charge in [-0.25, -0.2) is 4.79 Å². The number of Topliss-reactive ketones (excluding diaryl/α,β-unsaturated/α-hetero) is 2. The van der Waals surface area contributed by atoms with Crippen LogP contribution in [0.2, 0.25) is 0 Å². The average molecular weight is 380 g/mol. The van der Waals surface area contributed by atoms with Gasteiger partial charge in [0.05, 0.1) is 5.92 Å². The van der Waals surface area contributed by atoms with Gasteiger partial charge < -0.3 is 10.6 Å². The fourth-order valence-corrected chi connectivity index (χ4v) is 3.67. The van der Waals surface area contributed by atoms with Gasteiger partial charge in [-0.05, 0) is 46.3 Å². The van der Waals surface area contributed by atoms with Crippen LogP contribution in [0, 0.1) is 11.8 Å². The second kappa shape index (κ2) is 10.5. The van der Waals surface area contributed by atoms with Crippen LogP contribution in [0.4, 0.5) is 0 Å². The van der Waals surface area contributed by atoms with Crippen molar-refractivity contribution in [3.8, 4) is 0 Å². The second-order valence-electron chi connectivity index (χ2n) is 7.67. The van der Waals surface area contributed by atoms with Gasteiger partial charge in [0.25, 0.3) is 0 Å². The van der Waals surface area contributed by atoms with Gasteiger partial charge in [0.15, 0.2) is 0 Å². The van der Waals surface area contributed by atoms with E-state index in [2.05, 4.69) is 5.16 Å². The molecule has 0 bridgehead atoms. The molecule has 1 aromatic rings. The molecule has 152 valence electrons. The van der Waals surface area contributed by atoms with E-state index in [1.165, 1.54) is 4.57 Å². The van der Waals surface area contributed by atoms with Crippen LogP contribution < -0.4 is 11.5 Å². The first kappa shape index (κ1) is 21.5. The molecular weight excluding hydrogens is 348 g/mol. The Morgan fingerprint density at radius 1 is 1.26 bits per heavy atom. The van der Waals surface area contributed by atoms with Crippen molar-refractivity contribution in [1.82, 2.24) is 14.6 Å². The highest BCUT2D eigenvalue weighted by Crippen LogP contribution is 2.29. The number of carbonyl (C=O) groups excluding carboxylic acids is 2. The summed E-state index contributed by atoms with van der Waals surface area (Å²) in [6, 6.07) is 0. The monoisotopic (exact) mass is 380 g/mol. The van der Waals surface area contributed by atoms with Gasteiger partial charge in [0.2, 0.25) is 11.6 Å². The van der Waals surface area contributed by atoms with E-state index in [9.17, 15) is 14.4 Å². The number of nitrogens with zero attached hydrogens (tertiary/aromatic N) is 3. The van der Waals surface area contributed by atoms with Crippen LogP contribution in [-0.4, -0.2) is 53.4 Å². The maximum Gasteiger partial charge on any atom is 0.441 e. The van der Waals surface area contributed by atoms with Crippen molar-refractivity contribution in [2.75, 3.05) is 27.2 Å². The Labute approximate surface area is 160 Å². The molecular formula is C19H32N4O4. The van der Waals surface area contributed by atoms with Gasteiger partial charge in [-0.2, -0.15) is 0 Å². The summed E-state index contributed by atoms with van der Waals surface area (Å²) in [4.78, 5) is 40.1. The molecule has 0 amide bonds. The quantitative estimate of drug-likeness (QED) is 0.351. The molecule has 1 saturated carbocycles. The van der Waals surface area contributed by atoms with Crippen molar-refractivity contribution >= 4 is 11.6 Å². The summed E-state index contributed by atoms with van der Waals surface area (Å²) in [6.07, 6.45) is 6.77. The molecule has 1 aliphatic carbocycles. The molecule has 1 atom stereocenters. The molecule has 0 unspecified atom stereocenters. The molecule has 8 heteroatoms. The number of likely N-dealkylation sites (N-methyl/N-ethyl adjacent to an activating group) is 1. The highest BCUT2D eigenvalue weighted by Gasteiger charge is 2.35. The summed E-state index contributed by atoms with van der Waals surface area (Å²) >= 11 is 0. The van der Waals surface area contributed by atoms with Gasteiger partial charge in [-0.3, -0.25) is 18.7 Å². The largest absolute Gasteiger partial charge is 0.441 e. The Kier molecular flexibility index (Phi) is 8.37. The second-order valence-corrected chi connectivity index (χ2v) is 7.67. The third-order valence-electron chi connectivity index (χ3n) is 5.29. The summed E-state index contributed by atoms with van der Waals surface area (Å²) < 4.78 is 5.98. The molecule has 0 aromatic carbocycles. The molecule has 8 nitrogen and oxygen atoms in total. The Morgan fingerprint density at radius 3 is 2.59 bits per heavy atom. The summed E-state index contributed by atoms with van der Waals surface area (Å²) in [5.41, 5.74) is 5.57. The van der Waals surface area contributed by atoms with Crippen LogP contribution in [0.5, 0.6) is 0 Å². The summed E-state index contributed by atoms with van der Waals surface area (Å²) in [5.74, 6) is -1.94. The van der Waals surface area contributed by atoms with Crippen molar-refractivity contribution in [3.63, 3.8) is 0 Å². The standard InChI is InChI=1S/C19H32N4O4/c1-22(2)12-13-23-18(21-27-19(23)26)17(25)15(10-6-7-11-20)16(24)14-8-4-3-5-9-14/h14-15H,3-13,20H2,1-2H3/t15-/m1/s1. The fraction of sp³-hybridized carbons (Fsp3) is 0.789. The highest BCUT2D eigenvalue weighted by molar-refractivity contribution is 6.09. The molecule has 0 aliphatic heterocycles. The van der Waals surface area contributed by atoms with E-state index in [4.69, 9.17) is 10.3 Å². The van der Waals surface area contributed by atoms with E-state index in [1.807, 2.05) is 19.0 Å². The maximum absolute atomic E-state index is 13.2. The van der Waals surface area contributed by atoms with Crippen LogP contribution in [0.15, 0.2) is 9.32 Å². The minimum absolute atomic E-state index is 0.00803. The lowest BCUT2D eigenvalue weighted by atomic mass is 9.78. The Bertz CT molecular complexity index is 673. The molecule has 1 heterocycles. The lowest BCUT2D eigenvalue weighted by Crippen LogP contribution is -2.34. The van der Waals surface area contributed by atoms with E-state index >= 15 is 0 Å². The van der Waals surface area contributed by atoms with E-state index in [1.54, 1.807) is 0 Å². The number of ketones is 2. The molecule has 0 spiro atoms. The first-order valence-electron chi connectivity index (χ1n) is 9.95. The summed E-state index contributed by atoms with van der Waals surface area (Å²) in [5, 5.41) is 3.70. The zero-order chi connectivity index (χ0) is 19.8. The molecule has 1 aromatic heterocycles. The maximum atomic E-state index is 13.2. The molecule has 2 N–H and O–H groups in total. The van der Waals surface area contributed by atoms with Crippen LogP contribution >= 0.6 is 0 Å². The lowest BCUT2D eigenvalue weighted by Gasteiger charge is -2.24. The Morgan fingerprint density at radius 2 is 1.96 bits per heavy atom. The van der Waals surface area contributed by atoms with E-state index in [-0.39, 0.29) is 17.5 Å². The fourth-order valence-electron chi connectivity index (χ4n) is 3.67. The predicted molar refractivity (Wildman–Crippen MR) is 102 cm³/mol. The summed E-state index contributed by atoms with van der Waals surface area (Å²) in [6.45, 7) is 1.38. The third kappa shape index (κ3) is 5.84. The summed E-state index contributed by atoms with van der Waals surface area (Å²) in [7, 11) is 3.75. The highest BCUT2D eigenvalue weighted by atomic mass is 16.5. The molecule has 0 radical (unpaired) electrons. The van der Waals surface area contributed by atoms with Crippen LogP contribution in [0.3, 0.4) is 0 Å². The van der Waals surface area contributed by atoms with Crippen molar-refractivity contribution in [3.05, 3.63) is 16.4 Å². The van der Waals surface area contributed by atoms with Crippen molar-refractivity contribution < 1.29 is 14.1 Å². The first-order valence-corrected chi connectivity index (χ1v) is 9.95. The van der Waals surface area contributed by atoms with E-state index < -0.39 is 17.5 Å². The molecule has 2 rings (SSSR count). The van der Waals surface area contributed by atoms with Crippen molar-refractivity contribution in [2.24, 2.45) is 17.6 Å². The predicted octanol–water partition coefficient (Wildman–Crippen LogP) is 1.48. The number of rotatable bonds is 11. The lowest BCUT2D eigenvalue weighted by molar-refractivity contribution is -0.126. The molecule has 1 aliphatic rings. The molecule has 1 fully saturated rings. The number of hydrogen-bond donors (Lipinski definition) is 1. The van der Waals surface area contributed by atoms with Crippen molar-refractivity contribution in [1.29, 1.82) is 0 Å². The first-order chi connectivity index (χ1) is 13.0.